The average Bonchev–Trinajstić information content (AvgIpc) is 3.11. The van der Waals surface area contributed by atoms with Crippen molar-refractivity contribution in [1.82, 2.24) is 0 Å². The van der Waals surface area contributed by atoms with E-state index in [2.05, 4.69) is 15.9 Å². The van der Waals surface area contributed by atoms with Crippen LogP contribution >= 0.6 is 15.9 Å². The third-order valence-electron chi connectivity index (χ3n) is 7.58. The Hall–Kier alpha value is -4.76. The third kappa shape index (κ3) is 10.1. The van der Waals surface area contributed by atoms with Crippen molar-refractivity contribution < 1.29 is 38.0 Å². The molecular weight excluding hydrogens is 688 g/mol. The summed E-state index contributed by atoms with van der Waals surface area (Å²) in [5.41, 5.74) is 0. The maximum atomic E-state index is 12.6. The lowest BCUT2D eigenvalue weighted by molar-refractivity contribution is -0.153. The van der Waals surface area contributed by atoms with E-state index < -0.39 is 12.2 Å². The van der Waals surface area contributed by atoms with Gasteiger partial charge in [0.15, 0.2) is 12.2 Å². The van der Waals surface area contributed by atoms with Gasteiger partial charge in [-0.2, -0.15) is 0 Å². The molecule has 5 aromatic carbocycles. The summed E-state index contributed by atoms with van der Waals surface area (Å²) >= 11 is 3.62. The Bertz CT molecular complexity index is 1810. The Balaban J connectivity index is 1.43. The van der Waals surface area contributed by atoms with Crippen LogP contribution in [0.2, 0.25) is 0 Å². The minimum atomic E-state index is -0.653. The maximum absolute atomic E-state index is 12.6. The van der Waals surface area contributed by atoms with Gasteiger partial charge < -0.3 is 28.4 Å². The normalized spacial score (nSPS) is 12.2. The molecular formula is C40H41BrO8. The molecule has 49 heavy (non-hydrogen) atoms. The quantitative estimate of drug-likeness (QED) is 0.0652. The average molecular weight is 730 g/mol. The molecule has 2 atom stereocenters. The van der Waals surface area contributed by atoms with E-state index in [0.29, 0.717) is 48.7 Å². The predicted octanol–water partition coefficient (Wildman–Crippen LogP) is 9.09. The highest BCUT2D eigenvalue weighted by Crippen LogP contribution is 2.44. The van der Waals surface area contributed by atoms with Crippen LogP contribution in [0.25, 0.3) is 21.5 Å². The van der Waals surface area contributed by atoms with Crippen LogP contribution in [0.5, 0.6) is 23.0 Å². The van der Waals surface area contributed by atoms with Crippen molar-refractivity contribution in [2.45, 2.75) is 51.7 Å². The van der Waals surface area contributed by atoms with E-state index in [1.54, 1.807) is 0 Å². The summed E-state index contributed by atoms with van der Waals surface area (Å²) in [6, 6.07) is 32.5. The SMILES string of the molecule is CCCC(=O)OC(COc1ccccc1)COc1c2ccccc2c(OCC(COc2ccccc2)OC(=O)CCC)c2cc(Br)ccc12. The summed E-state index contributed by atoms with van der Waals surface area (Å²) < 4.78 is 37.4. The molecule has 0 aliphatic rings. The second-order valence-electron chi connectivity index (χ2n) is 11.5. The molecule has 256 valence electrons. The molecule has 8 nitrogen and oxygen atoms in total. The molecule has 0 aliphatic carbocycles. The minimum Gasteiger partial charge on any atom is -0.490 e. The van der Waals surface area contributed by atoms with Gasteiger partial charge in [0.25, 0.3) is 0 Å². The molecule has 0 radical (unpaired) electrons. The fourth-order valence-corrected chi connectivity index (χ4v) is 5.64. The summed E-state index contributed by atoms with van der Waals surface area (Å²) in [5.74, 6) is 1.98. The summed E-state index contributed by atoms with van der Waals surface area (Å²) in [5, 5.41) is 3.23. The van der Waals surface area contributed by atoms with Crippen LogP contribution in [0.15, 0.2) is 108 Å². The Morgan fingerprint density at radius 1 is 0.531 bits per heavy atom. The molecule has 2 unspecified atom stereocenters. The van der Waals surface area contributed by atoms with E-state index in [-0.39, 0.29) is 38.4 Å². The van der Waals surface area contributed by atoms with Crippen LogP contribution in [0.1, 0.15) is 39.5 Å². The number of hydrogen-bond acceptors (Lipinski definition) is 8. The fourth-order valence-electron chi connectivity index (χ4n) is 5.28. The summed E-state index contributed by atoms with van der Waals surface area (Å²) in [6.45, 7) is 4.26. The Labute approximate surface area is 295 Å². The van der Waals surface area contributed by atoms with Crippen molar-refractivity contribution in [3.05, 3.63) is 108 Å². The number of para-hydroxylation sites is 2. The fraction of sp³-hybridized carbons (Fsp3) is 0.300. The second kappa shape index (κ2) is 18.1. The first-order chi connectivity index (χ1) is 23.9. The highest BCUT2D eigenvalue weighted by molar-refractivity contribution is 9.10. The molecule has 0 N–H and O–H groups in total. The van der Waals surface area contributed by atoms with Gasteiger partial charge in [-0.1, -0.05) is 90.4 Å². The number of carbonyl (C=O) groups excluding carboxylic acids is 2. The van der Waals surface area contributed by atoms with Crippen molar-refractivity contribution in [3.8, 4) is 23.0 Å². The van der Waals surface area contributed by atoms with Gasteiger partial charge >= 0.3 is 11.9 Å². The smallest absolute Gasteiger partial charge is 0.306 e. The van der Waals surface area contributed by atoms with Gasteiger partial charge in [0.05, 0.1) is 0 Å². The van der Waals surface area contributed by atoms with Crippen molar-refractivity contribution in [1.29, 1.82) is 0 Å². The Kier molecular flexibility index (Phi) is 13.1. The second-order valence-corrected chi connectivity index (χ2v) is 12.4. The number of esters is 2. The van der Waals surface area contributed by atoms with Crippen molar-refractivity contribution in [2.24, 2.45) is 0 Å². The van der Waals surface area contributed by atoms with E-state index in [4.69, 9.17) is 28.4 Å². The van der Waals surface area contributed by atoms with Gasteiger partial charge in [0, 0.05) is 38.9 Å². The van der Waals surface area contributed by atoms with Gasteiger partial charge in [-0.25, -0.2) is 0 Å². The van der Waals surface area contributed by atoms with Crippen LogP contribution in [-0.2, 0) is 19.1 Å². The lowest BCUT2D eigenvalue weighted by Crippen LogP contribution is -2.31. The highest BCUT2D eigenvalue weighted by Gasteiger charge is 2.23. The topological polar surface area (TPSA) is 89.5 Å². The van der Waals surface area contributed by atoms with E-state index >= 15 is 0 Å². The molecule has 5 aromatic rings. The molecule has 0 fully saturated rings. The van der Waals surface area contributed by atoms with Gasteiger partial charge in [0.1, 0.15) is 49.4 Å². The van der Waals surface area contributed by atoms with Crippen LogP contribution in [0.4, 0.5) is 0 Å². The zero-order valence-electron chi connectivity index (χ0n) is 27.8. The molecule has 0 aromatic heterocycles. The zero-order chi connectivity index (χ0) is 34.4. The zero-order valence-corrected chi connectivity index (χ0v) is 29.4. The third-order valence-corrected chi connectivity index (χ3v) is 8.07. The molecule has 0 bridgehead atoms. The van der Waals surface area contributed by atoms with Crippen LogP contribution in [0.3, 0.4) is 0 Å². The van der Waals surface area contributed by atoms with Crippen molar-refractivity contribution in [2.75, 3.05) is 26.4 Å². The number of halogens is 1. The molecule has 0 saturated carbocycles. The standard InChI is InChI=1S/C40H41BrO8/c1-3-13-37(42)48-31(24-44-29-15-7-5-8-16-29)26-46-39-33-19-11-12-20-34(33)40(36-23-28(41)21-22-35(36)39)47-27-32(49-38(43)14-4-2)25-45-30-17-9-6-10-18-30/h5-12,15-23,31-32H,3-4,13-14,24-27H2,1-2H3. The molecule has 0 amide bonds. The first-order valence-corrected chi connectivity index (χ1v) is 17.4. The van der Waals surface area contributed by atoms with Crippen LogP contribution in [0, 0.1) is 0 Å². The highest BCUT2D eigenvalue weighted by atomic mass is 79.9. The number of hydrogen-bond donors (Lipinski definition) is 0. The van der Waals surface area contributed by atoms with Crippen LogP contribution in [-0.4, -0.2) is 50.6 Å². The first-order valence-electron chi connectivity index (χ1n) is 16.6. The van der Waals surface area contributed by atoms with E-state index in [1.165, 1.54) is 0 Å². The van der Waals surface area contributed by atoms with E-state index in [0.717, 1.165) is 26.0 Å². The summed E-state index contributed by atoms with van der Waals surface area (Å²) in [4.78, 5) is 25.1. The van der Waals surface area contributed by atoms with Crippen LogP contribution < -0.4 is 18.9 Å². The Morgan fingerprint density at radius 2 is 0.939 bits per heavy atom. The van der Waals surface area contributed by atoms with Crippen molar-refractivity contribution >= 4 is 49.4 Å². The Morgan fingerprint density at radius 3 is 1.41 bits per heavy atom. The minimum absolute atomic E-state index is 0.0698. The number of carbonyl (C=O) groups is 2. The van der Waals surface area contributed by atoms with E-state index in [1.807, 2.05) is 117 Å². The predicted molar refractivity (Wildman–Crippen MR) is 194 cm³/mol. The molecule has 9 heteroatoms. The maximum Gasteiger partial charge on any atom is 0.306 e. The number of ether oxygens (including phenoxy) is 6. The van der Waals surface area contributed by atoms with Gasteiger partial charge in [-0.3, -0.25) is 9.59 Å². The van der Waals surface area contributed by atoms with Gasteiger partial charge in [-0.15, -0.1) is 0 Å². The molecule has 0 saturated heterocycles. The van der Waals surface area contributed by atoms with Gasteiger partial charge in [0.2, 0.25) is 0 Å². The summed E-state index contributed by atoms with van der Waals surface area (Å²) in [7, 11) is 0. The lowest BCUT2D eigenvalue weighted by atomic mass is 10.0. The number of benzene rings is 5. The largest absolute Gasteiger partial charge is 0.490 e. The summed E-state index contributed by atoms with van der Waals surface area (Å²) in [6.07, 6.45) is 0.654. The van der Waals surface area contributed by atoms with E-state index in [9.17, 15) is 9.59 Å². The lowest BCUT2D eigenvalue weighted by Gasteiger charge is -2.23. The number of rotatable bonds is 18. The number of fused-ring (bicyclic) bond motifs is 2. The molecule has 0 spiro atoms. The monoisotopic (exact) mass is 728 g/mol. The first kappa shape index (κ1) is 35.5. The van der Waals surface area contributed by atoms with Gasteiger partial charge in [-0.05, 0) is 55.3 Å². The van der Waals surface area contributed by atoms with Crippen molar-refractivity contribution in [3.63, 3.8) is 0 Å². The molecule has 0 heterocycles. The molecule has 5 rings (SSSR count). The molecule has 0 aliphatic heterocycles.